The molecule has 1 aliphatic rings. The molecule has 2 heterocycles. The predicted molar refractivity (Wildman–Crippen MR) is 80.5 cm³/mol. The Morgan fingerprint density at radius 1 is 1.40 bits per heavy atom. The zero-order valence-corrected chi connectivity index (χ0v) is 13.6. The summed E-state index contributed by atoms with van der Waals surface area (Å²) in [6, 6.07) is 1.75. The molecule has 0 atom stereocenters. The summed E-state index contributed by atoms with van der Waals surface area (Å²) in [4.78, 5) is 0. The molecule has 0 amide bonds. The highest BCUT2D eigenvalue weighted by Gasteiger charge is 2.33. The van der Waals surface area contributed by atoms with E-state index in [-0.39, 0.29) is 0 Å². The van der Waals surface area contributed by atoms with E-state index in [2.05, 4.69) is 10.0 Å². The molecule has 0 aromatic carbocycles. The topological polar surface area (TPSA) is 67.4 Å². The van der Waals surface area contributed by atoms with Crippen molar-refractivity contribution in [2.75, 3.05) is 19.8 Å². The van der Waals surface area contributed by atoms with E-state index in [9.17, 15) is 8.42 Å². The van der Waals surface area contributed by atoms with Gasteiger partial charge in [0, 0.05) is 25.3 Å². The molecule has 1 aliphatic heterocycles. The van der Waals surface area contributed by atoms with E-state index < -0.39 is 15.6 Å². The van der Waals surface area contributed by atoms with Gasteiger partial charge >= 0.3 is 0 Å². The van der Waals surface area contributed by atoms with Crippen molar-refractivity contribution in [2.24, 2.45) is 0 Å². The molecule has 114 valence electrons. The molecule has 1 saturated heterocycles. The molecular formula is C13H22N2O3S2. The van der Waals surface area contributed by atoms with Crippen molar-refractivity contribution >= 4 is 21.4 Å². The van der Waals surface area contributed by atoms with Gasteiger partial charge in [-0.15, -0.1) is 11.3 Å². The summed E-state index contributed by atoms with van der Waals surface area (Å²) in [7, 11) is -3.44. The second-order valence-corrected chi connectivity index (χ2v) is 8.15. The SMILES string of the molecule is CCNCc1csc(S(=O)(=O)NC2(C)CCOCC2)c1. The maximum Gasteiger partial charge on any atom is 0.250 e. The van der Waals surface area contributed by atoms with Gasteiger partial charge in [-0.1, -0.05) is 6.92 Å². The van der Waals surface area contributed by atoms with Gasteiger partial charge in [0.05, 0.1) is 0 Å². The average molecular weight is 318 g/mol. The van der Waals surface area contributed by atoms with Crippen molar-refractivity contribution in [3.63, 3.8) is 0 Å². The van der Waals surface area contributed by atoms with E-state index in [1.807, 2.05) is 19.2 Å². The quantitative estimate of drug-likeness (QED) is 0.838. The van der Waals surface area contributed by atoms with Crippen LogP contribution in [0.3, 0.4) is 0 Å². The van der Waals surface area contributed by atoms with Gasteiger partial charge in [0.1, 0.15) is 4.21 Å². The van der Waals surface area contributed by atoms with Crippen LogP contribution in [-0.4, -0.2) is 33.7 Å². The van der Waals surface area contributed by atoms with E-state index in [1.54, 1.807) is 6.07 Å². The van der Waals surface area contributed by atoms with E-state index in [1.165, 1.54) is 11.3 Å². The second-order valence-electron chi connectivity index (χ2n) is 5.33. The third-order valence-corrected chi connectivity index (χ3v) is 6.58. The molecule has 0 radical (unpaired) electrons. The van der Waals surface area contributed by atoms with E-state index >= 15 is 0 Å². The normalized spacial score (nSPS) is 19.1. The summed E-state index contributed by atoms with van der Waals surface area (Å²) in [5.74, 6) is 0. The van der Waals surface area contributed by atoms with Crippen LogP contribution in [0.15, 0.2) is 15.7 Å². The van der Waals surface area contributed by atoms with Gasteiger partial charge in [-0.3, -0.25) is 0 Å². The van der Waals surface area contributed by atoms with Gasteiger partial charge in [0.2, 0.25) is 0 Å². The van der Waals surface area contributed by atoms with Crippen molar-refractivity contribution in [1.29, 1.82) is 0 Å². The molecular weight excluding hydrogens is 296 g/mol. The van der Waals surface area contributed by atoms with Crippen LogP contribution >= 0.6 is 11.3 Å². The third kappa shape index (κ3) is 4.02. The molecule has 7 heteroatoms. The van der Waals surface area contributed by atoms with Gasteiger partial charge in [-0.25, -0.2) is 13.1 Å². The highest BCUT2D eigenvalue weighted by Crippen LogP contribution is 2.26. The van der Waals surface area contributed by atoms with Crippen LogP contribution in [0.1, 0.15) is 32.3 Å². The summed E-state index contributed by atoms with van der Waals surface area (Å²) < 4.78 is 33.4. The van der Waals surface area contributed by atoms with Crippen LogP contribution in [-0.2, 0) is 21.3 Å². The predicted octanol–water partition coefficient (Wildman–Crippen LogP) is 1.70. The molecule has 5 nitrogen and oxygen atoms in total. The van der Waals surface area contributed by atoms with Crippen LogP contribution in [0.4, 0.5) is 0 Å². The van der Waals surface area contributed by atoms with E-state index in [0.29, 0.717) is 36.8 Å². The highest BCUT2D eigenvalue weighted by molar-refractivity contribution is 7.91. The number of sulfonamides is 1. The minimum atomic E-state index is -3.44. The van der Waals surface area contributed by atoms with Crippen LogP contribution in [0.25, 0.3) is 0 Å². The zero-order chi connectivity index (χ0) is 14.6. The second kappa shape index (κ2) is 6.53. The number of hydrogen-bond acceptors (Lipinski definition) is 5. The lowest BCUT2D eigenvalue weighted by molar-refractivity contribution is 0.0538. The molecule has 2 rings (SSSR count). The smallest absolute Gasteiger partial charge is 0.250 e. The van der Waals surface area contributed by atoms with Crippen molar-refractivity contribution in [1.82, 2.24) is 10.0 Å². The number of ether oxygens (including phenoxy) is 1. The van der Waals surface area contributed by atoms with Gasteiger partial charge in [-0.05, 0) is 43.3 Å². The van der Waals surface area contributed by atoms with Crippen LogP contribution in [0.2, 0.25) is 0 Å². The van der Waals surface area contributed by atoms with E-state index in [0.717, 1.165) is 12.1 Å². The van der Waals surface area contributed by atoms with Gasteiger partial charge in [-0.2, -0.15) is 0 Å². The fourth-order valence-electron chi connectivity index (χ4n) is 2.15. The van der Waals surface area contributed by atoms with Crippen LogP contribution < -0.4 is 10.0 Å². The molecule has 0 bridgehead atoms. The van der Waals surface area contributed by atoms with Crippen LogP contribution in [0, 0.1) is 0 Å². The Kier molecular flexibility index (Phi) is 5.19. The van der Waals surface area contributed by atoms with Crippen molar-refractivity contribution < 1.29 is 13.2 Å². The first-order valence-corrected chi connectivity index (χ1v) is 9.21. The maximum absolute atomic E-state index is 12.4. The van der Waals surface area contributed by atoms with Crippen molar-refractivity contribution in [2.45, 2.75) is 43.0 Å². The molecule has 0 aliphatic carbocycles. The fraction of sp³-hybridized carbons (Fsp3) is 0.692. The lowest BCUT2D eigenvalue weighted by Gasteiger charge is -2.33. The standard InChI is InChI=1S/C13H22N2O3S2/c1-3-14-9-11-8-12(19-10-11)20(16,17)15-13(2)4-6-18-7-5-13/h8,10,14-15H,3-7,9H2,1-2H3. The number of nitrogens with one attached hydrogen (secondary N) is 2. The highest BCUT2D eigenvalue weighted by atomic mass is 32.2. The Morgan fingerprint density at radius 3 is 2.75 bits per heavy atom. The molecule has 0 unspecified atom stereocenters. The number of rotatable bonds is 6. The van der Waals surface area contributed by atoms with E-state index in [4.69, 9.17) is 4.74 Å². The first-order chi connectivity index (χ1) is 9.45. The molecule has 0 saturated carbocycles. The van der Waals surface area contributed by atoms with Crippen molar-refractivity contribution in [3.8, 4) is 0 Å². The molecule has 20 heavy (non-hydrogen) atoms. The minimum Gasteiger partial charge on any atom is -0.381 e. The third-order valence-electron chi connectivity index (χ3n) is 3.45. The monoisotopic (exact) mass is 318 g/mol. The Morgan fingerprint density at radius 2 is 2.10 bits per heavy atom. The molecule has 1 aromatic heterocycles. The van der Waals surface area contributed by atoms with Crippen LogP contribution in [0.5, 0.6) is 0 Å². The average Bonchev–Trinajstić information content (AvgIpc) is 2.85. The molecule has 1 aromatic rings. The van der Waals surface area contributed by atoms with Gasteiger partial charge in [0.25, 0.3) is 10.0 Å². The summed E-state index contributed by atoms with van der Waals surface area (Å²) in [5.41, 5.74) is 0.609. The summed E-state index contributed by atoms with van der Waals surface area (Å²) in [6.07, 6.45) is 1.42. The first kappa shape index (κ1) is 15.9. The Balaban J connectivity index is 2.07. The molecule has 2 N–H and O–H groups in total. The summed E-state index contributed by atoms with van der Waals surface area (Å²) in [5, 5.41) is 5.09. The summed E-state index contributed by atoms with van der Waals surface area (Å²) >= 11 is 1.27. The zero-order valence-electron chi connectivity index (χ0n) is 11.9. The van der Waals surface area contributed by atoms with Gasteiger partial charge in [0.15, 0.2) is 0 Å². The number of thiophene rings is 1. The van der Waals surface area contributed by atoms with Gasteiger partial charge < -0.3 is 10.1 Å². The number of hydrogen-bond donors (Lipinski definition) is 2. The first-order valence-electron chi connectivity index (χ1n) is 6.85. The van der Waals surface area contributed by atoms with Crippen molar-refractivity contribution in [3.05, 3.63) is 17.0 Å². The molecule has 0 spiro atoms. The lowest BCUT2D eigenvalue weighted by Crippen LogP contribution is -2.49. The Bertz CT molecular complexity index is 534. The Labute approximate surface area is 124 Å². The lowest BCUT2D eigenvalue weighted by atomic mass is 9.94. The fourth-order valence-corrected chi connectivity index (χ4v) is 4.83. The maximum atomic E-state index is 12.4. The molecule has 1 fully saturated rings. The Hall–Kier alpha value is -0.470. The summed E-state index contributed by atoms with van der Waals surface area (Å²) in [6.45, 7) is 6.75. The minimum absolute atomic E-state index is 0.387. The largest absolute Gasteiger partial charge is 0.381 e.